The molecule has 114 valence electrons. The molecule has 22 heavy (non-hydrogen) atoms. The average Bonchev–Trinajstić information content (AvgIpc) is 2.48. The zero-order chi connectivity index (χ0) is 16.1. The molecule has 0 aliphatic heterocycles. The molecule has 0 fully saturated rings. The number of primary amides is 1. The van der Waals surface area contributed by atoms with Gasteiger partial charge in [0.2, 0.25) is 11.8 Å². The summed E-state index contributed by atoms with van der Waals surface area (Å²) in [7, 11) is 1.62. The Morgan fingerprint density at radius 2 is 1.82 bits per heavy atom. The van der Waals surface area contributed by atoms with Gasteiger partial charge in [-0.3, -0.25) is 9.59 Å². The molecule has 0 saturated carbocycles. The summed E-state index contributed by atoms with van der Waals surface area (Å²) < 4.78 is 5.19. The zero-order valence-electron chi connectivity index (χ0n) is 12.6. The molecule has 0 aromatic heterocycles. The van der Waals surface area contributed by atoms with Gasteiger partial charge in [0.15, 0.2) is 0 Å². The fraction of sp³-hybridized carbons (Fsp3) is 0.176. The van der Waals surface area contributed by atoms with Crippen LogP contribution in [0.3, 0.4) is 0 Å². The molecule has 2 rings (SSSR count). The van der Waals surface area contributed by atoms with E-state index < -0.39 is 5.91 Å². The number of hydrogen-bond donors (Lipinski definition) is 2. The van der Waals surface area contributed by atoms with E-state index >= 15 is 0 Å². The van der Waals surface area contributed by atoms with E-state index in [-0.39, 0.29) is 12.3 Å². The molecule has 5 heteroatoms. The van der Waals surface area contributed by atoms with Crippen molar-refractivity contribution in [2.75, 3.05) is 12.4 Å². The lowest BCUT2D eigenvalue weighted by Crippen LogP contribution is -2.15. The number of carbonyl (C=O) groups is 2. The Bertz CT molecular complexity index is 694. The summed E-state index contributed by atoms with van der Waals surface area (Å²) in [5.74, 6) is 0.175. The number of aryl methyl sites for hydroxylation is 1. The highest BCUT2D eigenvalue weighted by Gasteiger charge is 2.07. The number of carbonyl (C=O) groups excluding carboxylic acids is 2. The standard InChI is InChI=1S/C17H18N2O3/c1-11-9-12(3-8-15(11)22-2)10-16(20)19-14-6-4-13(5-7-14)17(18)21/h3-9H,10H2,1-2H3,(H2,18,21)(H,19,20). The molecular weight excluding hydrogens is 280 g/mol. The van der Waals surface area contributed by atoms with Gasteiger partial charge in [0.05, 0.1) is 13.5 Å². The summed E-state index contributed by atoms with van der Waals surface area (Å²) >= 11 is 0. The third-order valence-corrected chi connectivity index (χ3v) is 3.28. The van der Waals surface area contributed by atoms with E-state index in [0.29, 0.717) is 11.3 Å². The van der Waals surface area contributed by atoms with Crippen molar-refractivity contribution in [2.45, 2.75) is 13.3 Å². The van der Waals surface area contributed by atoms with E-state index in [1.807, 2.05) is 25.1 Å². The van der Waals surface area contributed by atoms with Gasteiger partial charge in [-0.1, -0.05) is 12.1 Å². The molecule has 0 spiro atoms. The summed E-state index contributed by atoms with van der Waals surface area (Å²) in [4.78, 5) is 23.0. The van der Waals surface area contributed by atoms with Crippen LogP contribution in [0.5, 0.6) is 5.75 Å². The van der Waals surface area contributed by atoms with E-state index in [1.165, 1.54) is 0 Å². The summed E-state index contributed by atoms with van der Waals surface area (Å²) in [6, 6.07) is 12.1. The van der Waals surface area contributed by atoms with Gasteiger partial charge in [0.1, 0.15) is 5.75 Å². The maximum Gasteiger partial charge on any atom is 0.248 e. The molecule has 0 saturated heterocycles. The normalized spacial score (nSPS) is 10.1. The van der Waals surface area contributed by atoms with Gasteiger partial charge in [-0.05, 0) is 48.4 Å². The Morgan fingerprint density at radius 3 is 2.36 bits per heavy atom. The van der Waals surface area contributed by atoms with Crippen LogP contribution in [0.25, 0.3) is 0 Å². The van der Waals surface area contributed by atoms with Gasteiger partial charge in [-0.25, -0.2) is 0 Å². The molecule has 0 bridgehead atoms. The minimum atomic E-state index is -0.494. The summed E-state index contributed by atoms with van der Waals surface area (Å²) in [5.41, 5.74) is 8.09. The third-order valence-electron chi connectivity index (χ3n) is 3.28. The van der Waals surface area contributed by atoms with Crippen molar-refractivity contribution in [3.63, 3.8) is 0 Å². The summed E-state index contributed by atoms with van der Waals surface area (Å²) in [5, 5.41) is 2.78. The smallest absolute Gasteiger partial charge is 0.248 e. The van der Waals surface area contributed by atoms with Gasteiger partial charge >= 0.3 is 0 Å². The number of nitrogens with two attached hydrogens (primary N) is 1. The van der Waals surface area contributed by atoms with Gasteiger partial charge in [0.25, 0.3) is 0 Å². The first-order valence-corrected chi connectivity index (χ1v) is 6.83. The van der Waals surface area contributed by atoms with Crippen LogP contribution in [0.4, 0.5) is 5.69 Å². The Balaban J connectivity index is 2.00. The fourth-order valence-electron chi connectivity index (χ4n) is 2.16. The highest BCUT2D eigenvalue weighted by molar-refractivity contribution is 5.95. The van der Waals surface area contributed by atoms with Crippen molar-refractivity contribution in [3.05, 3.63) is 59.2 Å². The molecule has 0 atom stereocenters. The number of ether oxygens (including phenoxy) is 1. The monoisotopic (exact) mass is 298 g/mol. The van der Waals surface area contributed by atoms with E-state index in [9.17, 15) is 9.59 Å². The summed E-state index contributed by atoms with van der Waals surface area (Å²) in [6.45, 7) is 1.93. The molecule has 0 aliphatic carbocycles. The lowest BCUT2D eigenvalue weighted by atomic mass is 10.1. The predicted octanol–water partition coefficient (Wildman–Crippen LogP) is 2.28. The fourth-order valence-corrected chi connectivity index (χ4v) is 2.16. The van der Waals surface area contributed by atoms with Crippen LogP contribution in [0.1, 0.15) is 21.5 Å². The number of methoxy groups -OCH3 is 1. The van der Waals surface area contributed by atoms with E-state index in [4.69, 9.17) is 10.5 Å². The molecule has 0 radical (unpaired) electrons. The predicted molar refractivity (Wildman–Crippen MR) is 85.0 cm³/mol. The highest BCUT2D eigenvalue weighted by Crippen LogP contribution is 2.19. The van der Waals surface area contributed by atoms with Crippen molar-refractivity contribution in [1.82, 2.24) is 0 Å². The Hall–Kier alpha value is -2.82. The maximum absolute atomic E-state index is 12.0. The molecule has 0 aliphatic rings. The molecule has 0 unspecified atom stereocenters. The van der Waals surface area contributed by atoms with Crippen LogP contribution in [-0.2, 0) is 11.2 Å². The van der Waals surface area contributed by atoms with E-state index in [0.717, 1.165) is 16.9 Å². The lowest BCUT2D eigenvalue weighted by molar-refractivity contribution is -0.115. The highest BCUT2D eigenvalue weighted by atomic mass is 16.5. The first-order chi connectivity index (χ1) is 10.5. The molecule has 2 amide bonds. The molecule has 2 aromatic carbocycles. The number of anilines is 1. The second-order valence-electron chi connectivity index (χ2n) is 4.97. The minimum Gasteiger partial charge on any atom is -0.496 e. The zero-order valence-corrected chi connectivity index (χ0v) is 12.6. The van der Waals surface area contributed by atoms with Crippen LogP contribution in [0.15, 0.2) is 42.5 Å². The van der Waals surface area contributed by atoms with E-state index in [1.54, 1.807) is 31.4 Å². The largest absolute Gasteiger partial charge is 0.496 e. The number of amides is 2. The second kappa shape index (κ2) is 6.76. The van der Waals surface area contributed by atoms with Crippen molar-refractivity contribution >= 4 is 17.5 Å². The van der Waals surface area contributed by atoms with Crippen LogP contribution in [0.2, 0.25) is 0 Å². The molecule has 3 N–H and O–H groups in total. The van der Waals surface area contributed by atoms with Crippen molar-refractivity contribution < 1.29 is 14.3 Å². The van der Waals surface area contributed by atoms with Gasteiger partial charge in [0, 0.05) is 11.3 Å². The topological polar surface area (TPSA) is 81.4 Å². The number of rotatable bonds is 5. The first kappa shape index (κ1) is 15.6. The third kappa shape index (κ3) is 3.85. The number of benzene rings is 2. The van der Waals surface area contributed by atoms with E-state index in [2.05, 4.69) is 5.32 Å². The first-order valence-electron chi connectivity index (χ1n) is 6.83. The second-order valence-corrected chi connectivity index (χ2v) is 4.97. The SMILES string of the molecule is COc1ccc(CC(=O)Nc2ccc(C(N)=O)cc2)cc1C. The molecule has 2 aromatic rings. The molecular formula is C17H18N2O3. The molecule has 5 nitrogen and oxygen atoms in total. The Kier molecular flexibility index (Phi) is 4.78. The molecule has 0 heterocycles. The summed E-state index contributed by atoms with van der Waals surface area (Å²) in [6.07, 6.45) is 0.266. The maximum atomic E-state index is 12.0. The Labute approximate surface area is 129 Å². The van der Waals surface area contributed by atoms with Gasteiger partial charge < -0.3 is 15.8 Å². The average molecular weight is 298 g/mol. The van der Waals surface area contributed by atoms with Gasteiger partial charge in [-0.2, -0.15) is 0 Å². The lowest BCUT2D eigenvalue weighted by Gasteiger charge is -2.08. The minimum absolute atomic E-state index is 0.128. The van der Waals surface area contributed by atoms with Crippen LogP contribution in [0, 0.1) is 6.92 Å². The number of hydrogen-bond acceptors (Lipinski definition) is 3. The number of nitrogens with one attached hydrogen (secondary N) is 1. The van der Waals surface area contributed by atoms with Crippen molar-refractivity contribution in [2.24, 2.45) is 5.73 Å². The van der Waals surface area contributed by atoms with Crippen LogP contribution in [-0.4, -0.2) is 18.9 Å². The van der Waals surface area contributed by atoms with Crippen molar-refractivity contribution in [3.8, 4) is 5.75 Å². The van der Waals surface area contributed by atoms with Crippen molar-refractivity contribution in [1.29, 1.82) is 0 Å². The Morgan fingerprint density at radius 1 is 1.14 bits per heavy atom. The quantitative estimate of drug-likeness (QED) is 0.888. The van der Waals surface area contributed by atoms with Crippen LogP contribution >= 0.6 is 0 Å². The van der Waals surface area contributed by atoms with Crippen LogP contribution < -0.4 is 15.8 Å². The van der Waals surface area contributed by atoms with Gasteiger partial charge in [-0.15, -0.1) is 0 Å².